The highest BCUT2D eigenvalue weighted by atomic mass is 16.8. The fourth-order valence-electron chi connectivity index (χ4n) is 5.26. The van der Waals surface area contributed by atoms with Crippen molar-refractivity contribution in [2.45, 2.75) is 82.1 Å². The third kappa shape index (κ3) is 3.74. The summed E-state index contributed by atoms with van der Waals surface area (Å²) in [4.78, 5) is 16.8. The van der Waals surface area contributed by atoms with Gasteiger partial charge in [-0.1, -0.05) is 25.7 Å². The number of hydrogen-bond acceptors (Lipinski definition) is 9. The lowest BCUT2D eigenvalue weighted by Crippen LogP contribution is -2.40. The van der Waals surface area contributed by atoms with Gasteiger partial charge in [0, 0.05) is 0 Å². The molecule has 2 aromatic heterocycles. The minimum absolute atomic E-state index is 0.0141. The maximum absolute atomic E-state index is 12.7. The van der Waals surface area contributed by atoms with E-state index in [2.05, 4.69) is 16.2 Å². The Balaban J connectivity index is 1.43. The highest BCUT2D eigenvalue weighted by Crippen LogP contribution is 2.49. The number of nitrogen functional groups attached to an aromatic ring is 1. The Kier molecular flexibility index (Phi) is 5.51. The Bertz CT molecular complexity index is 1090. The molecule has 0 aromatic carbocycles. The van der Waals surface area contributed by atoms with Crippen molar-refractivity contribution in [1.29, 1.82) is 5.26 Å². The van der Waals surface area contributed by atoms with E-state index < -0.39 is 29.7 Å². The van der Waals surface area contributed by atoms with Crippen LogP contribution >= 0.6 is 0 Å². The molecule has 1 aliphatic carbocycles. The van der Waals surface area contributed by atoms with Crippen molar-refractivity contribution in [3.8, 4) is 6.07 Å². The summed E-state index contributed by atoms with van der Waals surface area (Å²) in [5.41, 5.74) is 5.48. The summed E-state index contributed by atoms with van der Waals surface area (Å²) in [7, 11) is 0. The summed E-state index contributed by atoms with van der Waals surface area (Å²) >= 11 is 0. The second-order valence-electron chi connectivity index (χ2n) is 9.50. The van der Waals surface area contributed by atoms with Crippen molar-refractivity contribution >= 4 is 17.3 Å². The van der Waals surface area contributed by atoms with Crippen LogP contribution in [0.2, 0.25) is 0 Å². The number of nitrogens with two attached hydrogens (primary N) is 1. The van der Waals surface area contributed by atoms with Crippen LogP contribution in [0.1, 0.15) is 58.1 Å². The minimum atomic E-state index is -1.52. The van der Waals surface area contributed by atoms with Gasteiger partial charge in [0.1, 0.15) is 42.8 Å². The SMILES string of the molecule is CC1(C)O[C@H]2[C@@H](O1)[C@](C#N)(c1ccc3c(N)ncnn13)O[C@@H]2COC(=O)C1CCCCCC1. The fourth-order valence-corrected chi connectivity index (χ4v) is 5.26. The fraction of sp³-hybridized carbons (Fsp3) is 0.652. The Morgan fingerprint density at radius 1 is 1.24 bits per heavy atom. The van der Waals surface area contributed by atoms with E-state index in [0.29, 0.717) is 11.2 Å². The van der Waals surface area contributed by atoms with Gasteiger partial charge in [0.05, 0.1) is 11.6 Å². The van der Waals surface area contributed by atoms with Gasteiger partial charge in [-0.2, -0.15) is 10.4 Å². The molecule has 2 N–H and O–H groups in total. The molecule has 176 valence electrons. The van der Waals surface area contributed by atoms with Gasteiger partial charge in [0.25, 0.3) is 0 Å². The highest BCUT2D eigenvalue weighted by Gasteiger charge is 2.65. The molecule has 4 heterocycles. The summed E-state index contributed by atoms with van der Waals surface area (Å²) in [5.74, 6) is -0.932. The summed E-state index contributed by atoms with van der Waals surface area (Å²) < 4.78 is 25.8. The van der Waals surface area contributed by atoms with E-state index in [1.165, 1.54) is 10.8 Å². The molecule has 0 bridgehead atoms. The maximum atomic E-state index is 12.7. The zero-order valence-corrected chi connectivity index (χ0v) is 18.9. The number of aromatic nitrogens is 3. The van der Waals surface area contributed by atoms with Gasteiger partial charge in [-0.05, 0) is 38.8 Å². The molecule has 3 fully saturated rings. The average Bonchev–Trinajstić information content (AvgIpc) is 3.35. The van der Waals surface area contributed by atoms with Crippen LogP contribution in [0.15, 0.2) is 18.5 Å². The number of fused-ring (bicyclic) bond motifs is 2. The van der Waals surface area contributed by atoms with Gasteiger partial charge in [-0.25, -0.2) is 9.50 Å². The first kappa shape index (κ1) is 22.1. The van der Waals surface area contributed by atoms with E-state index >= 15 is 0 Å². The lowest BCUT2D eigenvalue weighted by atomic mass is 9.92. The molecular formula is C23H29N5O5. The number of esters is 1. The maximum Gasteiger partial charge on any atom is 0.309 e. The monoisotopic (exact) mass is 455 g/mol. The van der Waals surface area contributed by atoms with Crippen LogP contribution in [-0.2, 0) is 29.3 Å². The molecule has 1 saturated carbocycles. The van der Waals surface area contributed by atoms with Crippen LogP contribution in [0, 0.1) is 17.2 Å². The molecule has 0 radical (unpaired) electrons. The molecule has 33 heavy (non-hydrogen) atoms. The van der Waals surface area contributed by atoms with Crippen molar-refractivity contribution in [2.24, 2.45) is 5.92 Å². The van der Waals surface area contributed by atoms with Gasteiger partial charge >= 0.3 is 5.97 Å². The van der Waals surface area contributed by atoms with Crippen molar-refractivity contribution in [3.05, 3.63) is 24.2 Å². The second kappa shape index (κ2) is 8.24. The third-order valence-corrected chi connectivity index (χ3v) is 6.84. The Morgan fingerprint density at radius 2 is 2.00 bits per heavy atom. The molecule has 0 amide bonds. The summed E-state index contributed by atoms with van der Waals surface area (Å²) in [6, 6.07) is 5.77. The topological polar surface area (TPSA) is 134 Å². The van der Waals surface area contributed by atoms with Crippen LogP contribution in [0.5, 0.6) is 0 Å². The molecule has 2 aliphatic heterocycles. The largest absolute Gasteiger partial charge is 0.463 e. The Morgan fingerprint density at radius 3 is 2.73 bits per heavy atom. The molecule has 10 nitrogen and oxygen atoms in total. The van der Waals surface area contributed by atoms with E-state index in [-0.39, 0.29) is 24.3 Å². The van der Waals surface area contributed by atoms with Crippen LogP contribution in [0.4, 0.5) is 5.82 Å². The number of carbonyl (C=O) groups is 1. The van der Waals surface area contributed by atoms with Gasteiger partial charge in [-0.3, -0.25) is 4.79 Å². The number of ether oxygens (including phenoxy) is 4. The summed E-state index contributed by atoms with van der Waals surface area (Å²) in [5, 5.41) is 14.6. The standard InChI is InChI=1S/C23H29N5O5/c1-22(2)32-18-16(11-30-21(29)14-7-5-3-4-6-8-14)31-23(12-24,19(18)33-22)17-10-9-15-20(25)26-13-27-28(15)17/h9-10,13-14,16,18-19H,3-8,11H2,1-2H3,(H2,25,26,27)/t16-,18-,19-,23+/m1/s1. The van der Waals surface area contributed by atoms with Crippen LogP contribution in [0.3, 0.4) is 0 Å². The Hall–Kier alpha value is -2.74. The van der Waals surface area contributed by atoms with Crippen molar-refractivity contribution in [3.63, 3.8) is 0 Å². The van der Waals surface area contributed by atoms with Crippen LogP contribution < -0.4 is 5.73 Å². The minimum Gasteiger partial charge on any atom is -0.463 e. The molecule has 3 aliphatic rings. The van der Waals surface area contributed by atoms with Crippen molar-refractivity contribution < 1.29 is 23.7 Å². The number of rotatable bonds is 4. The molecule has 0 spiro atoms. The second-order valence-corrected chi connectivity index (χ2v) is 9.50. The van der Waals surface area contributed by atoms with Gasteiger partial charge in [-0.15, -0.1) is 0 Å². The molecular weight excluding hydrogens is 426 g/mol. The molecule has 4 atom stereocenters. The predicted octanol–water partition coefficient (Wildman–Crippen LogP) is 2.46. The molecule has 5 rings (SSSR count). The van der Waals surface area contributed by atoms with E-state index in [9.17, 15) is 10.1 Å². The normalized spacial score (nSPS) is 31.7. The summed E-state index contributed by atoms with van der Waals surface area (Å²) in [6.45, 7) is 3.57. The third-order valence-electron chi connectivity index (χ3n) is 6.84. The zero-order valence-electron chi connectivity index (χ0n) is 18.9. The van der Waals surface area contributed by atoms with Crippen molar-refractivity contribution in [2.75, 3.05) is 12.3 Å². The number of anilines is 1. The first-order valence-electron chi connectivity index (χ1n) is 11.5. The van der Waals surface area contributed by atoms with E-state index in [1.54, 1.807) is 26.0 Å². The lowest BCUT2D eigenvalue weighted by Gasteiger charge is -2.29. The number of carbonyl (C=O) groups excluding carboxylic acids is 1. The molecule has 0 unspecified atom stereocenters. The quantitative estimate of drug-likeness (QED) is 0.545. The van der Waals surface area contributed by atoms with E-state index in [1.807, 2.05) is 0 Å². The van der Waals surface area contributed by atoms with E-state index in [0.717, 1.165) is 38.5 Å². The Labute approximate surface area is 191 Å². The van der Waals surface area contributed by atoms with Crippen LogP contribution in [-0.4, -0.2) is 51.3 Å². The first-order chi connectivity index (χ1) is 15.8. The van der Waals surface area contributed by atoms with Gasteiger partial charge in [0.2, 0.25) is 5.60 Å². The van der Waals surface area contributed by atoms with Gasteiger partial charge in [0.15, 0.2) is 11.6 Å². The smallest absolute Gasteiger partial charge is 0.309 e. The molecule has 2 saturated heterocycles. The number of nitrogens with zero attached hydrogens (tertiary/aromatic N) is 4. The van der Waals surface area contributed by atoms with Crippen LogP contribution in [0.25, 0.3) is 5.52 Å². The molecule has 10 heteroatoms. The highest BCUT2D eigenvalue weighted by molar-refractivity contribution is 5.72. The zero-order chi connectivity index (χ0) is 23.2. The number of hydrogen-bond donors (Lipinski definition) is 1. The van der Waals surface area contributed by atoms with Crippen molar-refractivity contribution in [1.82, 2.24) is 14.6 Å². The van der Waals surface area contributed by atoms with Gasteiger partial charge < -0.3 is 24.7 Å². The predicted molar refractivity (Wildman–Crippen MR) is 116 cm³/mol. The average molecular weight is 456 g/mol. The molecule has 2 aromatic rings. The first-order valence-corrected chi connectivity index (χ1v) is 11.5. The number of nitriles is 1. The summed E-state index contributed by atoms with van der Waals surface area (Å²) in [6.07, 6.45) is 5.41. The van der Waals surface area contributed by atoms with E-state index in [4.69, 9.17) is 24.7 Å². The lowest BCUT2D eigenvalue weighted by molar-refractivity contribution is -0.207.